The number of amides is 1. The Morgan fingerprint density at radius 3 is 2.67 bits per heavy atom. The van der Waals surface area contributed by atoms with Crippen LogP contribution in [0.4, 0.5) is 0 Å². The Morgan fingerprint density at radius 2 is 2.14 bits per heavy atom. The minimum atomic E-state index is -1.03. The number of nitrogens with one attached hydrogen (secondary N) is 1. The number of rotatable bonds is 5. The van der Waals surface area contributed by atoms with E-state index in [0.29, 0.717) is 17.9 Å². The molecule has 1 amide bonds. The van der Waals surface area contributed by atoms with Crippen molar-refractivity contribution < 1.29 is 14.7 Å². The van der Waals surface area contributed by atoms with Crippen LogP contribution in [0.15, 0.2) is 23.4 Å². The van der Waals surface area contributed by atoms with Crippen molar-refractivity contribution in [2.45, 2.75) is 36.2 Å². The number of carboxylic acid groups (broad SMARTS) is 1. The van der Waals surface area contributed by atoms with Crippen LogP contribution >= 0.6 is 11.8 Å². The summed E-state index contributed by atoms with van der Waals surface area (Å²) < 4.78 is 0. The van der Waals surface area contributed by atoms with Gasteiger partial charge in [-0.2, -0.15) is 5.26 Å². The van der Waals surface area contributed by atoms with Crippen LogP contribution in [0, 0.1) is 11.3 Å². The first kappa shape index (κ1) is 15.3. The second-order valence-corrected chi connectivity index (χ2v) is 5.92. The van der Waals surface area contributed by atoms with Gasteiger partial charge in [-0.05, 0) is 37.8 Å². The summed E-state index contributed by atoms with van der Waals surface area (Å²) >= 11 is 1.22. The fraction of sp³-hybridized carbons (Fsp3) is 0.429. The zero-order valence-corrected chi connectivity index (χ0v) is 12.2. The Kier molecular flexibility index (Phi) is 4.81. The van der Waals surface area contributed by atoms with Crippen LogP contribution in [0.25, 0.3) is 0 Å². The summed E-state index contributed by atoms with van der Waals surface area (Å²) in [6, 6.07) is 5.22. The summed E-state index contributed by atoms with van der Waals surface area (Å²) in [5.74, 6) is -1.08. The number of hydrogen-bond acceptors (Lipinski definition) is 5. The number of thioether (sulfide) groups is 1. The van der Waals surface area contributed by atoms with Gasteiger partial charge in [-0.15, -0.1) is 0 Å². The third-order valence-corrected chi connectivity index (χ3v) is 4.33. The van der Waals surface area contributed by atoms with Gasteiger partial charge in [0.15, 0.2) is 0 Å². The van der Waals surface area contributed by atoms with Crippen molar-refractivity contribution in [1.29, 1.82) is 5.26 Å². The van der Waals surface area contributed by atoms with Crippen LogP contribution in [0.1, 0.15) is 36.0 Å². The quantitative estimate of drug-likeness (QED) is 0.804. The monoisotopic (exact) mass is 305 g/mol. The lowest BCUT2D eigenvalue weighted by Crippen LogP contribution is -2.45. The molecule has 0 aliphatic heterocycles. The van der Waals surface area contributed by atoms with Gasteiger partial charge in [0.05, 0.1) is 22.4 Å². The van der Waals surface area contributed by atoms with Gasteiger partial charge in [0.25, 0.3) is 0 Å². The van der Waals surface area contributed by atoms with Crippen LogP contribution in [0.2, 0.25) is 0 Å². The lowest BCUT2D eigenvalue weighted by atomic mass is 10.0. The average Bonchev–Trinajstić information content (AvgIpc) is 2.94. The molecule has 1 saturated carbocycles. The highest BCUT2D eigenvalue weighted by molar-refractivity contribution is 7.99. The molecular formula is C14H15N3O3S. The maximum Gasteiger partial charge on any atom is 0.337 e. The first-order chi connectivity index (χ1) is 10.0. The molecule has 0 radical (unpaired) electrons. The molecule has 7 heteroatoms. The Hall–Kier alpha value is -2.07. The van der Waals surface area contributed by atoms with Crippen molar-refractivity contribution in [3.05, 3.63) is 23.9 Å². The summed E-state index contributed by atoms with van der Waals surface area (Å²) in [6.45, 7) is 0. The maximum atomic E-state index is 11.9. The van der Waals surface area contributed by atoms with Crippen molar-refractivity contribution in [1.82, 2.24) is 10.3 Å². The third-order valence-electron chi connectivity index (χ3n) is 3.38. The van der Waals surface area contributed by atoms with Crippen LogP contribution < -0.4 is 5.32 Å². The molecule has 0 saturated heterocycles. The first-order valence-electron chi connectivity index (χ1n) is 6.59. The van der Waals surface area contributed by atoms with Gasteiger partial charge in [-0.1, -0.05) is 11.8 Å². The molecule has 2 rings (SSSR count). The number of carbonyl (C=O) groups excluding carboxylic acids is 1. The van der Waals surface area contributed by atoms with Crippen molar-refractivity contribution in [2.24, 2.45) is 0 Å². The molecule has 1 fully saturated rings. The van der Waals surface area contributed by atoms with E-state index in [4.69, 9.17) is 5.11 Å². The largest absolute Gasteiger partial charge is 0.478 e. The predicted octanol–water partition coefficient (Wildman–Crippen LogP) is 1.82. The van der Waals surface area contributed by atoms with Gasteiger partial charge < -0.3 is 10.4 Å². The summed E-state index contributed by atoms with van der Waals surface area (Å²) in [5.41, 5.74) is -0.601. The predicted molar refractivity (Wildman–Crippen MR) is 76.9 cm³/mol. The molecule has 1 aromatic heterocycles. The van der Waals surface area contributed by atoms with Crippen molar-refractivity contribution in [3.8, 4) is 6.07 Å². The third kappa shape index (κ3) is 3.95. The van der Waals surface area contributed by atoms with Gasteiger partial charge >= 0.3 is 5.97 Å². The molecule has 1 heterocycles. The Labute approximate surface area is 126 Å². The number of nitriles is 1. The number of aromatic carboxylic acids is 1. The fourth-order valence-corrected chi connectivity index (χ4v) is 2.92. The van der Waals surface area contributed by atoms with Gasteiger partial charge in [0.1, 0.15) is 5.54 Å². The molecule has 6 nitrogen and oxygen atoms in total. The van der Waals surface area contributed by atoms with Crippen molar-refractivity contribution >= 4 is 23.6 Å². The molecule has 2 N–H and O–H groups in total. The average molecular weight is 305 g/mol. The van der Waals surface area contributed by atoms with E-state index in [9.17, 15) is 14.9 Å². The molecular weight excluding hydrogens is 290 g/mol. The standard InChI is InChI=1S/C14H15N3O3S/c15-9-14(5-1-2-6-14)17-11(18)8-21-12-4-3-10(7-16-12)13(19)20/h3-4,7H,1-2,5-6,8H2,(H,17,18)(H,19,20). The summed E-state index contributed by atoms with van der Waals surface area (Å²) in [5, 5.41) is 21.3. The molecule has 21 heavy (non-hydrogen) atoms. The van der Waals surface area contributed by atoms with E-state index in [1.54, 1.807) is 6.07 Å². The zero-order chi connectivity index (χ0) is 15.3. The van der Waals surface area contributed by atoms with E-state index in [1.165, 1.54) is 24.0 Å². The Morgan fingerprint density at radius 1 is 1.43 bits per heavy atom. The number of nitrogens with zero attached hydrogens (tertiary/aromatic N) is 2. The van der Waals surface area contributed by atoms with Crippen LogP contribution in [-0.4, -0.2) is 33.3 Å². The normalized spacial score (nSPS) is 16.1. The number of pyridine rings is 1. The topological polar surface area (TPSA) is 103 Å². The molecule has 0 aromatic carbocycles. The second-order valence-electron chi connectivity index (χ2n) is 4.93. The Bertz CT molecular complexity index is 574. The van der Waals surface area contributed by atoms with E-state index in [-0.39, 0.29) is 17.2 Å². The maximum absolute atomic E-state index is 11.9. The molecule has 0 atom stereocenters. The molecule has 0 unspecified atom stereocenters. The minimum absolute atomic E-state index is 0.109. The first-order valence-corrected chi connectivity index (χ1v) is 7.58. The molecule has 1 aliphatic rings. The van der Waals surface area contributed by atoms with Gasteiger partial charge in [0, 0.05) is 6.20 Å². The highest BCUT2D eigenvalue weighted by Crippen LogP contribution is 2.29. The molecule has 0 spiro atoms. The number of carbonyl (C=O) groups is 2. The molecule has 0 bridgehead atoms. The molecule has 1 aliphatic carbocycles. The van der Waals surface area contributed by atoms with E-state index in [2.05, 4.69) is 16.4 Å². The van der Waals surface area contributed by atoms with Gasteiger partial charge in [-0.3, -0.25) is 4.79 Å². The van der Waals surface area contributed by atoms with Crippen LogP contribution in [0.5, 0.6) is 0 Å². The lowest BCUT2D eigenvalue weighted by molar-refractivity contribution is -0.119. The second kappa shape index (κ2) is 6.59. The van der Waals surface area contributed by atoms with Crippen LogP contribution in [0.3, 0.4) is 0 Å². The van der Waals surface area contributed by atoms with Gasteiger partial charge in [-0.25, -0.2) is 9.78 Å². The van der Waals surface area contributed by atoms with Crippen molar-refractivity contribution in [3.63, 3.8) is 0 Å². The number of aromatic nitrogens is 1. The molecule has 1 aromatic rings. The van der Waals surface area contributed by atoms with E-state index in [1.807, 2.05) is 0 Å². The lowest BCUT2D eigenvalue weighted by Gasteiger charge is -2.21. The minimum Gasteiger partial charge on any atom is -0.478 e. The van der Waals surface area contributed by atoms with Crippen LogP contribution in [-0.2, 0) is 4.79 Å². The fourth-order valence-electron chi connectivity index (χ4n) is 2.28. The van der Waals surface area contributed by atoms with Crippen molar-refractivity contribution in [2.75, 3.05) is 5.75 Å². The van der Waals surface area contributed by atoms with E-state index in [0.717, 1.165) is 12.8 Å². The van der Waals surface area contributed by atoms with Gasteiger partial charge in [0.2, 0.25) is 5.91 Å². The van der Waals surface area contributed by atoms with E-state index >= 15 is 0 Å². The molecule has 110 valence electrons. The smallest absolute Gasteiger partial charge is 0.337 e. The summed E-state index contributed by atoms with van der Waals surface area (Å²) in [7, 11) is 0. The summed E-state index contributed by atoms with van der Waals surface area (Å²) in [6.07, 6.45) is 4.58. The summed E-state index contributed by atoms with van der Waals surface area (Å²) in [4.78, 5) is 26.6. The SMILES string of the molecule is N#CC1(NC(=O)CSc2ccc(C(=O)O)cn2)CCCC1. The highest BCUT2D eigenvalue weighted by Gasteiger charge is 2.35. The number of carboxylic acids is 1. The Balaban J connectivity index is 1.86. The zero-order valence-electron chi connectivity index (χ0n) is 11.3. The highest BCUT2D eigenvalue weighted by atomic mass is 32.2. The number of hydrogen-bond donors (Lipinski definition) is 2. The van der Waals surface area contributed by atoms with E-state index < -0.39 is 11.5 Å².